The SMILES string of the molecule is Cc1cc(=O)n(C)cc1NC(=O)C(C)(N)c1ccc(Br)cc1. The Morgan fingerprint density at radius 2 is 1.91 bits per heavy atom. The third kappa shape index (κ3) is 3.28. The van der Waals surface area contributed by atoms with Crippen molar-refractivity contribution < 1.29 is 4.79 Å². The lowest BCUT2D eigenvalue weighted by Crippen LogP contribution is -2.45. The van der Waals surface area contributed by atoms with E-state index in [2.05, 4.69) is 21.2 Å². The normalized spacial score (nSPS) is 13.5. The molecule has 0 saturated heterocycles. The predicted molar refractivity (Wildman–Crippen MR) is 90.7 cm³/mol. The topological polar surface area (TPSA) is 77.1 Å². The van der Waals surface area contributed by atoms with Crippen LogP contribution >= 0.6 is 15.9 Å². The van der Waals surface area contributed by atoms with E-state index in [0.717, 1.165) is 4.47 Å². The summed E-state index contributed by atoms with van der Waals surface area (Å²) in [4.78, 5) is 24.1. The van der Waals surface area contributed by atoms with E-state index < -0.39 is 5.54 Å². The Balaban J connectivity index is 2.30. The number of anilines is 1. The lowest BCUT2D eigenvalue weighted by atomic mass is 9.92. The minimum Gasteiger partial charge on any atom is -0.323 e. The van der Waals surface area contributed by atoms with Crippen LogP contribution in [0.3, 0.4) is 0 Å². The maximum absolute atomic E-state index is 12.5. The third-order valence-corrected chi connectivity index (χ3v) is 4.13. The Morgan fingerprint density at radius 3 is 2.50 bits per heavy atom. The molecular formula is C16H18BrN3O2. The molecule has 6 heteroatoms. The van der Waals surface area contributed by atoms with Crippen molar-refractivity contribution in [2.75, 3.05) is 5.32 Å². The molecule has 0 aliphatic heterocycles. The minimum absolute atomic E-state index is 0.126. The third-order valence-electron chi connectivity index (χ3n) is 3.60. The van der Waals surface area contributed by atoms with Gasteiger partial charge in [-0.3, -0.25) is 9.59 Å². The Labute approximate surface area is 137 Å². The van der Waals surface area contributed by atoms with Gasteiger partial charge in [-0.2, -0.15) is 0 Å². The average Bonchev–Trinajstić information content (AvgIpc) is 2.45. The van der Waals surface area contributed by atoms with Gasteiger partial charge < -0.3 is 15.6 Å². The van der Waals surface area contributed by atoms with Crippen LogP contribution < -0.4 is 16.6 Å². The quantitative estimate of drug-likeness (QED) is 0.877. The Bertz CT molecular complexity index is 764. The van der Waals surface area contributed by atoms with Crippen LogP contribution in [0.25, 0.3) is 0 Å². The largest absolute Gasteiger partial charge is 0.323 e. The summed E-state index contributed by atoms with van der Waals surface area (Å²) in [5.41, 5.74) is 6.87. The summed E-state index contributed by atoms with van der Waals surface area (Å²) in [5, 5.41) is 2.80. The van der Waals surface area contributed by atoms with Gasteiger partial charge >= 0.3 is 0 Å². The predicted octanol–water partition coefficient (Wildman–Crippen LogP) is 2.27. The number of halogens is 1. The summed E-state index contributed by atoms with van der Waals surface area (Å²) < 4.78 is 2.33. The van der Waals surface area contributed by atoms with Crippen LogP contribution in [0, 0.1) is 6.92 Å². The van der Waals surface area contributed by atoms with E-state index in [0.29, 0.717) is 16.8 Å². The number of rotatable bonds is 3. The van der Waals surface area contributed by atoms with E-state index in [1.807, 2.05) is 12.1 Å². The van der Waals surface area contributed by atoms with Crippen LogP contribution in [0.2, 0.25) is 0 Å². The number of pyridine rings is 1. The molecule has 0 radical (unpaired) electrons. The molecule has 0 aliphatic rings. The molecule has 2 rings (SSSR count). The minimum atomic E-state index is -1.18. The molecule has 1 heterocycles. The molecule has 1 aromatic heterocycles. The number of carbonyl (C=O) groups excluding carboxylic acids is 1. The molecule has 22 heavy (non-hydrogen) atoms. The molecule has 0 aliphatic carbocycles. The Hall–Kier alpha value is -1.92. The molecule has 1 amide bonds. The number of aromatic nitrogens is 1. The van der Waals surface area contributed by atoms with Crippen molar-refractivity contribution in [1.82, 2.24) is 4.57 Å². The van der Waals surface area contributed by atoms with Crippen molar-refractivity contribution in [3.05, 3.63) is 62.5 Å². The first kappa shape index (κ1) is 16.5. The van der Waals surface area contributed by atoms with Crippen LogP contribution in [-0.4, -0.2) is 10.5 Å². The first-order valence-electron chi connectivity index (χ1n) is 6.75. The average molecular weight is 364 g/mol. The first-order chi connectivity index (χ1) is 10.2. The van der Waals surface area contributed by atoms with Gasteiger partial charge in [-0.15, -0.1) is 0 Å². The fourth-order valence-electron chi connectivity index (χ4n) is 2.03. The van der Waals surface area contributed by atoms with Gasteiger partial charge in [0, 0.05) is 23.8 Å². The maximum atomic E-state index is 12.5. The monoisotopic (exact) mass is 363 g/mol. The molecule has 1 aromatic carbocycles. The van der Waals surface area contributed by atoms with Crippen LogP contribution in [-0.2, 0) is 17.4 Å². The van der Waals surface area contributed by atoms with E-state index in [4.69, 9.17) is 5.73 Å². The highest BCUT2D eigenvalue weighted by molar-refractivity contribution is 9.10. The summed E-state index contributed by atoms with van der Waals surface area (Å²) in [5.74, 6) is -0.337. The highest BCUT2D eigenvalue weighted by Crippen LogP contribution is 2.23. The van der Waals surface area contributed by atoms with Crippen molar-refractivity contribution in [1.29, 1.82) is 0 Å². The molecule has 0 spiro atoms. The highest BCUT2D eigenvalue weighted by atomic mass is 79.9. The number of amides is 1. The lowest BCUT2D eigenvalue weighted by Gasteiger charge is -2.24. The molecular weight excluding hydrogens is 346 g/mol. The van der Waals surface area contributed by atoms with Crippen molar-refractivity contribution in [2.45, 2.75) is 19.4 Å². The second-order valence-electron chi connectivity index (χ2n) is 5.48. The van der Waals surface area contributed by atoms with Gasteiger partial charge in [-0.25, -0.2) is 0 Å². The van der Waals surface area contributed by atoms with Gasteiger partial charge in [0.2, 0.25) is 5.91 Å². The van der Waals surface area contributed by atoms with Gasteiger partial charge in [-0.1, -0.05) is 28.1 Å². The van der Waals surface area contributed by atoms with Crippen molar-refractivity contribution in [3.63, 3.8) is 0 Å². The molecule has 0 bridgehead atoms. The summed E-state index contributed by atoms with van der Waals surface area (Å²) in [6.45, 7) is 3.42. The molecule has 5 nitrogen and oxygen atoms in total. The van der Waals surface area contributed by atoms with Crippen LogP contribution in [0.15, 0.2) is 45.8 Å². The number of nitrogens with two attached hydrogens (primary N) is 1. The Kier molecular flexibility index (Phi) is 4.53. The number of carbonyl (C=O) groups is 1. The molecule has 0 saturated carbocycles. The van der Waals surface area contributed by atoms with E-state index in [1.54, 1.807) is 39.2 Å². The van der Waals surface area contributed by atoms with Gasteiger partial charge in [-0.05, 0) is 37.1 Å². The molecule has 116 valence electrons. The molecule has 0 fully saturated rings. The summed E-state index contributed by atoms with van der Waals surface area (Å²) in [6.07, 6.45) is 1.59. The summed E-state index contributed by atoms with van der Waals surface area (Å²) in [7, 11) is 1.63. The van der Waals surface area contributed by atoms with Gasteiger partial charge in [0.05, 0.1) is 5.69 Å². The summed E-state index contributed by atoms with van der Waals surface area (Å²) >= 11 is 3.35. The van der Waals surface area contributed by atoms with E-state index >= 15 is 0 Å². The lowest BCUT2D eigenvalue weighted by molar-refractivity contribution is -0.120. The van der Waals surface area contributed by atoms with E-state index in [1.165, 1.54) is 10.6 Å². The van der Waals surface area contributed by atoms with Crippen molar-refractivity contribution in [2.24, 2.45) is 12.8 Å². The second kappa shape index (κ2) is 6.06. The molecule has 1 unspecified atom stereocenters. The van der Waals surface area contributed by atoms with Crippen molar-refractivity contribution >= 4 is 27.5 Å². The number of nitrogens with zero attached hydrogens (tertiary/aromatic N) is 1. The smallest absolute Gasteiger partial charge is 0.250 e. The second-order valence-corrected chi connectivity index (χ2v) is 6.40. The molecule has 2 aromatic rings. The fourth-order valence-corrected chi connectivity index (χ4v) is 2.30. The van der Waals surface area contributed by atoms with Gasteiger partial charge in [0.1, 0.15) is 5.54 Å². The zero-order valence-corrected chi connectivity index (χ0v) is 14.3. The standard InChI is InChI=1S/C16H18BrN3O2/c1-10-8-14(21)20(3)9-13(10)19-15(22)16(2,18)11-4-6-12(17)7-5-11/h4-9H,18H2,1-3H3,(H,19,22). The maximum Gasteiger partial charge on any atom is 0.250 e. The fraction of sp³-hybridized carbons (Fsp3) is 0.250. The first-order valence-corrected chi connectivity index (χ1v) is 7.55. The summed E-state index contributed by atoms with van der Waals surface area (Å²) in [6, 6.07) is 8.76. The molecule has 1 atom stereocenters. The number of benzene rings is 1. The molecule has 3 N–H and O–H groups in total. The van der Waals surface area contributed by atoms with Gasteiger partial charge in [0.15, 0.2) is 0 Å². The highest BCUT2D eigenvalue weighted by Gasteiger charge is 2.30. The van der Waals surface area contributed by atoms with Crippen LogP contribution in [0.1, 0.15) is 18.1 Å². The number of hydrogen-bond donors (Lipinski definition) is 2. The Morgan fingerprint density at radius 1 is 1.32 bits per heavy atom. The van der Waals surface area contributed by atoms with E-state index in [9.17, 15) is 9.59 Å². The van der Waals surface area contributed by atoms with Crippen LogP contribution in [0.4, 0.5) is 5.69 Å². The number of hydrogen-bond acceptors (Lipinski definition) is 3. The zero-order chi connectivity index (χ0) is 16.5. The van der Waals surface area contributed by atoms with Crippen LogP contribution in [0.5, 0.6) is 0 Å². The van der Waals surface area contributed by atoms with Crippen molar-refractivity contribution in [3.8, 4) is 0 Å². The number of aryl methyl sites for hydroxylation is 2. The van der Waals surface area contributed by atoms with Gasteiger partial charge in [0.25, 0.3) is 5.56 Å². The number of nitrogens with one attached hydrogen (secondary N) is 1. The zero-order valence-electron chi connectivity index (χ0n) is 12.7. The van der Waals surface area contributed by atoms with E-state index in [-0.39, 0.29) is 11.5 Å².